The molecule has 102 valence electrons. The van der Waals surface area contributed by atoms with E-state index in [1.165, 1.54) is 0 Å². The number of hydrogen-bond donors (Lipinski definition) is 0. The van der Waals surface area contributed by atoms with Crippen LogP contribution in [-0.4, -0.2) is 11.7 Å². The van der Waals surface area contributed by atoms with Crippen LogP contribution in [0.3, 0.4) is 0 Å². The van der Waals surface area contributed by atoms with Crippen molar-refractivity contribution in [2.45, 2.75) is 6.54 Å². The molecule has 2 aromatic carbocycles. The van der Waals surface area contributed by atoms with E-state index in [-0.39, 0.29) is 0 Å². The minimum atomic E-state index is 0.647. The number of hydrogen-bond acceptors (Lipinski definition) is 1. The van der Waals surface area contributed by atoms with Crippen molar-refractivity contribution in [3.63, 3.8) is 0 Å². The Morgan fingerprint density at radius 3 is 2.50 bits per heavy atom. The molecular weight excluding hydrogens is 293 g/mol. The first-order valence-electron chi connectivity index (χ1n) is 6.25. The summed E-state index contributed by atoms with van der Waals surface area (Å²) in [7, 11) is 1.67. The number of halogens is 2. The molecule has 0 aliphatic heterocycles. The van der Waals surface area contributed by atoms with Gasteiger partial charge in [0.1, 0.15) is 5.75 Å². The van der Waals surface area contributed by atoms with Gasteiger partial charge < -0.3 is 9.30 Å². The van der Waals surface area contributed by atoms with Crippen LogP contribution in [0.2, 0.25) is 10.0 Å². The minimum absolute atomic E-state index is 0.647. The Hall–Kier alpha value is -1.64. The third kappa shape index (κ3) is 2.37. The van der Waals surface area contributed by atoms with Crippen molar-refractivity contribution in [3.8, 4) is 5.75 Å². The van der Waals surface area contributed by atoms with Crippen molar-refractivity contribution in [2.75, 3.05) is 7.11 Å². The van der Waals surface area contributed by atoms with Crippen molar-refractivity contribution in [1.29, 1.82) is 0 Å². The third-order valence-electron chi connectivity index (χ3n) is 3.37. The van der Waals surface area contributed by atoms with Gasteiger partial charge in [0.05, 0.1) is 13.7 Å². The van der Waals surface area contributed by atoms with Crippen LogP contribution < -0.4 is 4.74 Å². The summed E-state index contributed by atoms with van der Waals surface area (Å²) in [5.74, 6) is 0.853. The molecule has 0 fully saturated rings. The first-order chi connectivity index (χ1) is 9.69. The van der Waals surface area contributed by atoms with Crippen LogP contribution in [0.1, 0.15) is 5.56 Å². The minimum Gasteiger partial charge on any atom is -0.497 e. The average molecular weight is 306 g/mol. The van der Waals surface area contributed by atoms with E-state index in [0.717, 1.165) is 22.2 Å². The molecule has 0 radical (unpaired) electrons. The summed E-state index contributed by atoms with van der Waals surface area (Å²) in [5.41, 5.74) is 2.06. The zero-order chi connectivity index (χ0) is 14.1. The Morgan fingerprint density at radius 2 is 1.80 bits per heavy atom. The first kappa shape index (κ1) is 13.3. The highest BCUT2D eigenvalue weighted by Crippen LogP contribution is 2.28. The topological polar surface area (TPSA) is 14.2 Å². The van der Waals surface area contributed by atoms with Crippen molar-refractivity contribution in [2.24, 2.45) is 0 Å². The molecule has 0 N–H and O–H groups in total. The molecule has 3 rings (SSSR count). The maximum Gasteiger partial charge on any atom is 0.119 e. The van der Waals surface area contributed by atoms with Crippen LogP contribution >= 0.6 is 23.2 Å². The molecule has 0 bridgehead atoms. The molecular formula is C16H13Cl2NO. The molecule has 0 atom stereocenters. The summed E-state index contributed by atoms with van der Waals surface area (Å²) >= 11 is 12.5. The van der Waals surface area contributed by atoms with Gasteiger partial charge in [-0.1, -0.05) is 29.3 Å². The largest absolute Gasteiger partial charge is 0.497 e. The highest BCUT2D eigenvalue weighted by Gasteiger charge is 2.08. The van der Waals surface area contributed by atoms with Gasteiger partial charge in [-0.15, -0.1) is 0 Å². The van der Waals surface area contributed by atoms with Crippen LogP contribution in [0, 0.1) is 0 Å². The predicted molar refractivity (Wildman–Crippen MR) is 84.1 cm³/mol. The normalized spacial score (nSPS) is 10.9. The average Bonchev–Trinajstić information content (AvgIpc) is 2.85. The van der Waals surface area contributed by atoms with E-state index in [1.54, 1.807) is 7.11 Å². The van der Waals surface area contributed by atoms with E-state index in [4.69, 9.17) is 27.9 Å². The zero-order valence-electron chi connectivity index (χ0n) is 10.9. The third-order valence-corrected chi connectivity index (χ3v) is 4.08. The van der Waals surface area contributed by atoms with E-state index >= 15 is 0 Å². The van der Waals surface area contributed by atoms with E-state index in [0.29, 0.717) is 16.6 Å². The maximum absolute atomic E-state index is 6.23. The lowest BCUT2D eigenvalue weighted by Gasteiger charge is -2.10. The van der Waals surface area contributed by atoms with Crippen LogP contribution in [0.25, 0.3) is 10.9 Å². The van der Waals surface area contributed by atoms with Crippen LogP contribution in [0.5, 0.6) is 5.75 Å². The first-order valence-corrected chi connectivity index (χ1v) is 7.00. The van der Waals surface area contributed by atoms with Crippen LogP contribution in [-0.2, 0) is 6.54 Å². The van der Waals surface area contributed by atoms with Crippen molar-refractivity contribution >= 4 is 34.1 Å². The number of rotatable bonds is 3. The van der Waals surface area contributed by atoms with Gasteiger partial charge in [-0.25, -0.2) is 0 Å². The molecule has 0 saturated carbocycles. The molecule has 0 aliphatic rings. The monoisotopic (exact) mass is 305 g/mol. The predicted octanol–water partition coefficient (Wildman–Crippen LogP) is 5.01. The van der Waals surface area contributed by atoms with Crippen molar-refractivity contribution < 1.29 is 4.74 Å². The van der Waals surface area contributed by atoms with Crippen molar-refractivity contribution in [3.05, 3.63) is 64.3 Å². The molecule has 2 nitrogen and oxygen atoms in total. The number of fused-ring (bicyclic) bond motifs is 1. The number of methoxy groups -OCH3 is 1. The summed E-state index contributed by atoms with van der Waals surface area (Å²) in [4.78, 5) is 0. The lowest BCUT2D eigenvalue weighted by atomic mass is 10.2. The molecule has 0 saturated heterocycles. The highest BCUT2D eigenvalue weighted by atomic mass is 35.5. The number of ether oxygens (including phenoxy) is 1. The summed E-state index contributed by atoms with van der Waals surface area (Å²) in [6.07, 6.45) is 2.03. The van der Waals surface area contributed by atoms with Gasteiger partial charge in [-0.3, -0.25) is 0 Å². The van der Waals surface area contributed by atoms with E-state index in [1.807, 2.05) is 42.6 Å². The fourth-order valence-corrected chi connectivity index (χ4v) is 2.81. The standard InChI is InChI=1S/C16H13Cl2NO/c1-20-12-5-6-16-11(9-12)7-8-19(16)10-13-14(17)3-2-4-15(13)18/h2-9H,10H2,1H3. The van der Waals surface area contributed by atoms with Gasteiger partial charge in [-0.05, 0) is 36.4 Å². The molecule has 3 aromatic rings. The van der Waals surface area contributed by atoms with Gasteiger partial charge in [0, 0.05) is 32.7 Å². The quantitative estimate of drug-likeness (QED) is 0.664. The number of benzene rings is 2. The molecule has 1 heterocycles. The Bertz CT molecular complexity index is 744. The molecule has 20 heavy (non-hydrogen) atoms. The summed E-state index contributed by atoms with van der Waals surface area (Å²) in [6.45, 7) is 0.647. The van der Waals surface area contributed by atoms with Gasteiger partial charge in [-0.2, -0.15) is 0 Å². The molecule has 4 heteroatoms. The molecule has 0 amide bonds. The van der Waals surface area contributed by atoms with E-state index in [9.17, 15) is 0 Å². The smallest absolute Gasteiger partial charge is 0.119 e. The second-order valence-corrected chi connectivity index (χ2v) is 5.38. The van der Waals surface area contributed by atoms with Gasteiger partial charge >= 0.3 is 0 Å². The van der Waals surface area contributed by atoms with Crippen molar-refractivity contribution in [1.82, 2.24) is 4.57 Å². The molecule has 0 spiro atoms. The molecule has 1 aromatic heterocycles. The van der Waals surface area contributed by atoms with Gasteiger partial charge in [0.25, 0.3) is 0 Å². The fourth-order valence-electron chi connectivity index (χ4n) is 2.30. The van der Waals surface area contributed by atoms with Gasteiger partial charge in [0.15, 0.2) is 0 Å². The highest BCUT2D eigenvalue weighted by molar-refractivity contribution is 6.36. The Balaban J connectivity index is 2.03. The Kier molecular flexibility index (Phi) is 3.60. The number of aromatic nitrogens is 1. The molecule has 0 aliphatic carbocycles. The lowest BCUT2D eigenvalue weighted by molar-refractivity contribution is 0.415. The second-order valence-electron chi connectivity index (χ2n) is 4.57. The maximum atomic E-state index is 6.23. The second kappa shape index (κ2) is 5.39. The fraction of sp³-hybridized carbons (Fsp3) is 0.125. The summed E-state index contributed by atoms with van der Waals surface area (Å²) in [5, 5.41) is 2.51. The van der Waals surface area contributed by atoms with E-state index in [2.05, 4.69) is 10.6 Å². The summed E-state index contributed by atoms with van der Waals surface area (Å²) in [6, 6.07) is 13.6. The number of nitrogens with zero attached hydrogens (tertiary/aromatic N) is 1. The lowest BCUT2D eigenvalue weighted by Crippen LogP contribution is -1.99. The van der Waals surface area contributed by atoms with Crippen LogP contribution in [0.4, 0.5) is 0 Å². The Morgan fingerprint density at radius 1 is 1.05 bits per heavy atom. The molecule has 0 unspecified atom stereocenters. The zero-order valence-corrected chi connectivity index (χ0v) is 12.4. The van der Waals surface area contributed by atoms with E-state index < -0.39 is 0 Å². The Labute approximate surface area is 127 Å². The SMILES string of the molecule is COc1ccc2c(ccn2Cc2c(Cl)cccc2Cl)c1. The van der Waals surface area contributed by atoms with Gasteiger partial charge in [0.2, 0.25) is 0 Å². The summed E-state index contributed by atoms with van der Waals surface area (Å²) < 4.78 is 7.36. The van der Waals surface area contributed by atoms with Crippen LogP contribution in [0.15, 0.2) is 48.7 Å².